The molecule has 4 heteroatoms. The Labute approximate surface area is 82.5 Å². The summed E-state index contributed by atoms with van der Waals surface area (Å²) < 4.78 is 4.91. The van der Waals surface area contributed by atoms with E-state index in [0.717, 1.165) is 0 Å². The lowest BCUT2D eigenvalue weighted by molar-refractivity contribution is -0.143. The van der Waals surface area contributed by atoms with Gasteiger partial charge in [-0.3, -0.25) is 0 Å². The molecule has 14 heavy (non-hydrogen) atoms. The monoisotopic (exact) mass is 198 g/mol. The van der Waals surface area contributed by atoms with Gasteiger partial charge in [0.15, 0.2) is 0 Å². The number of cyclic esters (lactones) is 1. The summed E-state index contributed by atoms with van der Waals surface area (Å²) in [6.07, 6.45) is 3.87. The zero-order valence-corrected chi connectivity index (χ0v) is 7.96. The quantitative estimate of drug-likeness (QED) is 0.429. The van der Waals surface area contributed by atoms with Gasteiger partial charge in [-0.1, -0.05) is 12.2 Å². The summed E-state index contributed by atoms with van der Waals surface area (Å²) in [5.41, 5.74) is 0. The Hall–Kier alpha value is -1.13. The van der Waals surface area contributed by atoms with Gasteiger partial charge in [-0.2, -0.15) is 0 Å². The van der Waals surface area contributed by atoms with E-state index in [-0.39, 0.29) is 6.10 Å². The Kier molecular flexibility index (Phi) is 3.85. The highest BCUT2D eigenvalue weighted by Gasteiger charge is 2.12. The predicted molar refractivity (Wildman–Crippen MR) is 50.5 cm³/mol. The number of aliphatic hydroxyl groups is 2. The Morgan fingerprint density at radius 1 is 1.36 bits per heavy atom. The third-order valence-electron chi connectivity index (χ3n) is 1.85. The van der Waals surface area contributed by atoms with Gasteiger partial charge in [-0.25, -0.2) is 4.79 Å². The van der Waals surface area contributed by atoms with Gasteiger partial charge in [0, 0.05) is 12.5 Å². The number of ether oxygens (including phenoxy) is 1. The first kappa shape index (κ1) is 10.9. The smallest absolute Gasteiger partial charge is 0.330 e. The molecule has 0 fully saturated rings. The van der Waals surface area contributed by atoms with Gasteiger partial charge in [0.05, 0.1) is 12.2 Å². The van der Waals surface area contributed by atoms with Crippen molar-refractivity contribution in [1.29, 1.82) is 0 Å². The highest BCUT2D eigenvalue weighted by Crippen LogP contribution is 2.07. The van der Waals surface area contributed by atoms with E-state index in [1.165, 1.54) is 24.3 Å². The van der Waals surface area contributed by atoms with Crippen LogP contribution in [-0.4, -0.2) is 34.5 Å². The van der Waals surface area contributed by atoms with E-state index in [4.69, 9.17) is 4.74 Å². The normalized spacial score (nSPS) is 36.2. The molecular weight excluding hydrogens is 184 g/mol. The number of rotatable bonds is 0. The molecule has 0 saturated heterocycles. The van der Waals surface area contributed by atoms with E-state index in [1.807, 2.05) is 0 Å². The molecule has 0 aromatic carbocycles. The van der Waals surface area contributed by atoms with Crippen molar-refractivity contribution in [3.63, 3.8) is 0 Å². The minimum Gasteiger partial charge on any atom is -0.459 e. The van der Waals surface area contributed by atoms with Crippen molar-refractivity contribution < 1.29 is 19.7 Å². The highest BCUT2D eigenvalue weighted by molar-refractivity contribution is 5.82. The van der Waals surface area contributed by atoms with Gasteiger partial charge in [0.1, 0.15) is 6.10 Å². The number of esters is 1. The van der Waals surface area contributed by atoms with Gasteiger partial charge in [0.2, 0.25) is 0 Å². The number of carbonyl (C=O) groups excluding carboxylic acids is 1. The zero-order chi connectivity index (χ0) is 10.6. The zero-order valence-electron chi connectivity index (χ0n) is 7.96. The Balaban J connectivity index is 2.72. The number of aliphatic hydroxyl groups excluding tert-OH is 2. The fourth-order valence-corrected chi connectivity index (χ4v) is 1.19. The van der Waals surface area contributed by atoms with Crippen LogP contribution in [0.2, 0.25) is 0 Å². The molecule has 0 radical (unpaired) electrons. The molecule has 2 N–H and O–H groups in total. The Morgan fingerprint density at radius 2 is 2.07 bits per heavy atom. The summed E-state index contributed by atoms with van der Waals surface area (Å²) >= 11 is 0. The molecule has 0 saturated carbocycles. The second-order valence-electron chi connectivity index (χ2n) is 3.29. The van der Waals surface area contributed by atoms with Crippen LogP contribution in [0.1, 0.15) is 13.3 Å². The number of carbonyl (C=O) groups is 1. The second-order valence-corrected chi connectivity index (χ2v) is 3.29. The minimum absolute atomic E-state index is 0.331. The topological polar surface area (TPSA) is 66.8 Å². The fourth-order valence-electron chi connectivity index (χ4n) is 1.19. The molecule has 0 amide bonds. The lowest BCUT2D eigenvalue weighted by atomic mass is 10.1. The molecule has 1 rings (SSSR count). The first-order valence-electron chi connectivity index (χ1n) is 4.51. The van der Waals surface area contributed by atoms with Crippen LogP contribution in [0.25, 0.3) is 0 Å². The fraction of sp³-hybridized carbons (Fsp3) is 0.500. The van der Waals surface area contributed by atoms with E-state index < -0.39 is 18.2 Å². The highest BCUT2D eigenvalue weighted by atomic mass is 16.5. The number of hydrogen-bond acceptors (Lipinski definition) is 4. The van der Waals surface area contributed by atoms with Crippen molar-refractivity contribution in [1.82, 2.24) is 0 Å². The molecule has 0 aromatic heterocycles. The van der Waals surface area contributed by atoms with Crippen molar-refractivity contribution >= 4 is 5.97 Å². The van der Waals surface area contributed by atoms with Crippen LogP contribution in [0, 0.1) is 0 Å². The second kappa shape index (κ2) is 4.93. The molecule has 0 spiro atoms. The maximum atomic E-state index is 11.0. The molecule has 3 atom stereocenters. The summed E-state index contributed by atoms with van der Waals surface area (Å²) in [7, 11) is 0. The van der Waals surface area contributed by atoms with Crippen LogP contribution in [0.5, 0.6) is 0 Å². The van der Waals surface area contributed by atoms with Gasteiger partial charge >= 0.3 is 5.97 Å². The Morgan fingerprint density at radius 3 is 2.79 bits per heavy atom. The Bertz CT molecular complexity index is 257. The minimum atomic E-state index is -0.856. The van der Waals surface area contributed by atoms with Crippen molar-refractivity contribution in [2.24, 2.45) is 0 Å². The summed E-state index contributed by atoms with van der Waals surface area (Å²) in [4.78, 5) is 11.0. The first-order valence-corrected chi connectivity index (χ1v) is 4.51. The van der Waals surface area contributed by atoms with Crippen molar-refractivity contribution in [3.8, 4) is 0 Å². The molecule has 1 heterocycles. The molecule has 0 aromatic rings. The van der Waals surface area contributed by atoms with Crippen LogP contribution in [-0.2, 0) is 9.53 Å². The molecule has 0 aliphatic carbocycles. The largest absolute Gasteiger partial charge is 0.459 e. The van der Waals surface area contributed by atoms with Crippen molar-refractivity contribution in [2.75, 3.05) is 0 Å². The van der Waals surface area contributed by atoms with Crippen molar-refractivity contribution in [3.05, 3.63) is 24.3 Å². The standard InChI is InChI=1S/C10H14O4/c1-7-6-9(12)3-2-8(11)4-5-10(13)14-7/h2-5,7-9,11-12H,6H2,1H3/b3-2-,5-4?/t7-,8-,9-/m1/s1. The molecule has 0 unspecified atom stereocenters. The third-order valence-corrected chi connectivity index (χ3v) is 1.85. The van der Waals surface area contributed by atoms with Gasteiger partial charge in [0.25, 0.3) is 0 Å². The lowest BCUT2D eigenvalue weighted by Gasteiger charge is -2.15. The van der Waals surface area contributed by atoms with Crippen LogP contribution < -0.4 is 0 Å². The van der Waals surface area contributed by atoms with Gasteiger partial charge in [-0.05, 0) is 13.0 Å². The van der Waals surface area contributed by atoms with E-state index in [2.05, 4.69) is 0 Å². The van der Waals surface area contributed by atoms with Crippen LogP contribution in [0.4, 0.5) is 0 Å². The maximum absolute atomic E-state index is 11.0. The summed E-state index contributed by atoms with van der Waals surface area (Å²) in [5.74, 6) is -0.501. The average molecular weight is 198 g/mol. The third kappa shape index (κ3) is 3.72. The van der Waals surface area contributed by atoms with Gasteiger partial charge < -0.3 is 14.9 Å². The van der Waals surface area contributed by atoms with Crippen molar-refractivity contribution in [2.45, 2.75) is 31.7 Å². The van der Waals surface area contributed by atoms with Crippen LogP contribution >= 0.6 is 0 Å². The van der Waals surface area contributed by atoms with Crippen LogP contribution in [0.3, 0.4) is 0 Å². The summed E-state index contributed by atoms with van der Waals surface area (Å²) in [5, 5.41) is 18.6. The average Bonchev–Trinajstić information content (AvgIpc) is 2.10. The van der Waals surface area contributed by atoms with Crippen LogP contribution in [0.15, 0.2) is 24.3 Å². The number of hydrogen-bond donors (Lipinski definition) is 2. The maximum Gasteiger partial charge on any atom is 0.330 e. The molecule has 0 bridgehead atoms. The lowest BCUT2D eigenvalue weighted by Crippen LogP contribution is -2.20. The molecular formula is C10H14O4. The molecule has 1 aliphatic rings. The molecule has 4 nitrogen and oxygen atoms in total. The summed E-state index contributed by atoms with van der Waals surface area (Å²) in [6.45, 7) is 1.71. The van der Waals surface area contributed by atoms with E-state index in [9.17, 15) is 15.0 Å². The van der Waals surface area contributed by atoms with E-state index >= 15 is 0 Å². The SMILES string of the molecule is C[C@@H]1C[C@H](O)/C=C\[C@@H](O)C=CC(=O)O1. The predicted octanol–water partition coefficient (Wildman–Crippen LogP) is 0.156. The molecule has 78 valence electrons. The first-order chi connectivity index (χ1) is 6.58. The van der Waals surface area contributed by atoms with Gasteiger partial charge in [-0.15, -0.1) is 0 Å². The van der Waals surface area contributed by atoms with E-state index in [0.29, 0.717) is 6.42 Å². The summed E-state index contributed by atoms with van der Waals surface area (Å²) in [6, 6.07) is 0. The molecule has 1 aliphatic heterocycles. The van der Waals surface area contributed by atoms with E-state index in [1.54, 1.807) is 6.92 Å².